The molecule has 1 N–H and O–H groups in total. The van der Waals surface area contributed by atoms with Gasteiger partial charge in [-0.1, -0.05) is 0 Å². The van der Waals surface area contributed by atoms with Crippen molar-refractivity contribution in [3.8, 4) is 0 Å². The number of nitrogens with zero attached hydrogens (tertiary/aromatic N) is 1. The average molecular weight is 168 g/mol. The number of hydrogen-bond donors (Lipinski definition) is 1. The van der Waals surface area contributed by atoms with E-state index in [1.54, 1.807) is 4.90 Å². The molecular formula is C9H16N2O. The van der Waals surface area contributed by atoms with Crippen LogP contribution in [-0.2, 0) is 4.79 Å². The minimum absolute atomic E-state index is 0.137. The van der Waals surface area contributed by atoms with Crippen molar-refractivity contribution >= 4 is 5.91 Å². The lowest BCUT2D eigenvalue weighted by atomic mass is 10.0. The Balaban J connectivity index is 2.08. The van der Waals surface area contributed by atoms with Crippen molar-refractivity contribution in [2.75, 3.05) is 20.6 Å². The number of piperidine rings is 1. The normalized spacial score (nSPS) is 38.7. The first-order chi connectivity index (χ1) is 5.67. The monoisotopic (exact) mass is 168 g/mol. The highest BCUT2D eigenvalue weighted by Crippen LogP contribution is 2.49. The molecule has 1 saturated heterocycles. The van der Waals surface area contributed by atoms with Gasteiger partial charge in [-0.3, -0.25) is 4.79 Å². The fourth-order valence-electron chi connectivity index (χ4n) is 2.29. The molecule has 0 aromatic rings. The topological polar surface area (TPSA) is 32.3 Å². The second-order valence-corrected chi connectivity index (χ2v) is 4.14. The molecule has 1 aliphatic heterocycles. The molecule has 0 radical (unpaired) electrons. The van der Waals surface area contributed by atoms with Crippen molar-refractivity contribution in [3.63, 3.8) is 0 Å². The van der Waals surface area contributed by atoms with Gasteiger partial charge < -0.3 is 10.2 Å². The highest BCUT2D eigenvalue weighted by atomic mass is 16.2. The first kappa shape index (κ1) is 8.05. The summed E-state index contributed by atoms with van der Waals surface area (Å²) in [5, 5.41) is 3.36. The summed E-state index contributed by atoms with van der Waals surface area (Å²) in [5.74, 6) is 0.897. The first-order valence-corrected chi connectivity index (χ1v) is 4.63. The van der Waals surface area contributed by atoms with E-state index >= 15 is 0 Å². The van der Waals surface area contributed by atoms with Crippen molar-refractivity contribution in [1.29, 1.82) is 0 Å². The Kier molecular flexibility index (Phi) is 1.65. The van der Waals surface area contributed by atoms with Crippen LogP contribution >= 0.6 is 0 Å². The predicted molar refractivity (Wildman–Crippen MR) is 46.8 cm³/mol. The van der Waals surface area contributed by atoms with E-state index in [0.29, 0.717) is 5.92 Å². The molecule has 3 heteroatoms. The average Bonchev–Trinajstić information content (AvgIpc) is 2.77. The Bertz CT molecular complexity index is 215. The Hall–Kier alpha value is -0.570. The van der Waals surface area contributed by atoms with Gasteiger partial charge in [0.2, 0.25) is 5.91 Å². The summed E-state index contributed by atoms with van der Waals surface area (Å²) in [7, 11) is 3.67. The Labute approximate surface area is 73.1 Å². The highest BCUT2D eigenvalue weighted by Gasteiger charge is 2.60. The number of carbonyl (C=O) groups excluding carboxylic acids is 1. The van der Waals surface area contributed by atoms with Crippen LogP contribution in [0.15, 0.2) is 0 Å². The maximum atomic E-state index is 11.7. The van der Waals surface area contributed by atoms with Gasteiger partial charge in [-0.2, -0.15) is 0 Å². The summed E-state index contributed by atoms with van der Waals surface area (Å²) >= 11 is 0. The van der Waals surface area contributed by atoms with Gasteiger partial charge in [-0.05, 0) is 31.7 Å². The number of hydrogen-bond acceptors (Lipinski definition) is 2. The zero-order valence-corrected chi connectivity index (χ0v) is 7.76. The van der Waals surface area contributed by atoms with E-state index < -0.39 is 0 Å². The van der Waals surface area contributed by atoms with Crippen LogP contribution in [0.25, 0.3) is 0 Å². The molecule has 0 bridgehead atoms. The lowest BCUT2D eigenvalue weighted by Crippen LogP contribution is -2.49. The fraction of sp³-hybridized carbons (Fsp3) is 0.889. The lowest BCUT2D eigenvalue weighted by molar-refractivity contribution is -0.132. The van der Waals surface area contributed by atoms with Gasteiger partial charge in [0, 0.05) is 14.1 Å². The molecule has 2 aliphatic rings. The lowest BCUT2D eigenvalue weighted by Gasteiger charge is -2.25. The quantitative estimate of drug-likeness (QED) is 0.607. The third-order valence-electron chi connectivity index (χ3n) is 3.06. The van der Waals surface area contributed by atoms with E-state index in [0.717, 1.165) is 13.0 Å². The van der Waals surface area contributed by atoms with Crippen molar-refractivity contribution in [3.05, 3.63) is 0 Å². The molecule has 2 atom stereocenters. The van der Waals surface area contributed by atoms with Gasteiger partial charge in [0.05, 0.1) is 0 Å². The van der Waals surface area contributed by atoms with E-state index in [1.165, 1.54) is 12.8 Å². The molecule has 12 heavy (non-hydrogen) atoms. The highest BCUT2D eigenvalue weighted by molar-refractivity contribution is 5.90. The minimum atomic E-state index is -0.137. The molecule has 1 amide bonds. The Morgan fingerprint density at radius 3 is 2.92 bits per heavy atom. The summed E-state index contributed by atoms with van der Waals surface area (Å²) < 4.78 is 0. The SMILES string of the molecule is CN(C)C(=O)C12CC1CCCN2. The summed E-state index contributed by atoms with van der Waals surface area (Å²) in [6.07, 6.45) is 3.52. The fourth-order valence-corrected chi connectivity index (χ4v) is 2.29. The molecule has 2 unspecified atom stereocenters. The smallest absolute Gasteiger partial charge is 0.242 e. The molecule has 2 fully saturated rings. The van der Waals surface area contributed by atoms with Gasteiger partial charge in [0.15, 0.2) is 0 Å². The third kappa shape index (κ3) is 0.959. The van der Waals surface area contributed by atoms with E-state index in [-0.39, 0.29) is 11.4 Å². The summed E-state index contributed by atoms with van der Waals surface area (Å²) in [6, 6.07) is 0. The van der Waals surface area contributed by atoms with Crippen molar-refractivity contribution in [2.24, 2.45) is 5.92 Å². The van der Waals surface area contributed by atoms with Gasteiger partial charge in [-0.15, -0.1) is 0 Å². The van der Waals surface area contributed by atoms with Crippen LogP contribution in [-0.4, -0.2) is 37.0 Å². The molecule has 68 valence electrons. The van der Waals surface area contributed by atoms with Crippen molar-refractivity contribution in [2.45, 2.75) is 24.8 Å². The van der Waals surface area contributed by atoms with Gasteiger partial charge in [0.25, 0.3) is 0 Å². The summed E-state index contributed by atoms with van der Waals surface area (Å²) in [6.45, 7) is 1.01. The maximum Gasteiger partial charge on any atom is 0.242 e. The Morgan fingerprint density at radius 2 is 2.33 bits per heavy atom. The van der Waals surface area contributed by atoms with Crippen LogP contribution < -0.4 is 5.32 Å². The largest absolute Gasteiger partial charge is 0.347 e. The van der Waals surface area contributed by atoms with Crippen LogP contribution in [0.5, 0.6) is 0 Å². The molecule has 2 rings (SSSR count). The van der Waals surface area contributed by atoms with Crippen LogP contribution in [0, 0.1) is 5.92 Å². The number of amides is 1. The number of likely N-dealkylation sites (N-methyl/N-ethyl adjacent to an activating group) is 1. The van der Waals surface area contributed by atoms with E-state index in [2.05, 4.69) is 5.32 Å². The van der Waals surface area contributed by atoms with Crippen LogP contribution in [0.2, 0.25) is 0 Å². The number of carbonyl (C=O) groups is 1. The van der Waals surface area contributed by atoms with E-state index in [9.17, 15) is 4.79 Å². The Morgan fingerprint density at radius 1 is 1.58 bits per heavy atom. The number of rotatable bonds is 1. The van der Waals surface area contributed by atoms with Crippen LogP contribution in [0.1, 0.15) is 19.3 Å². The zero-order chi connectivity index (χ0) is 8.77. The standard InChI is InChI=1S/C9H16N2O/c1-11(2)8(12)9-6-7(9)4-3-5-10-9/h7,10H,3-6H2,1-2H3. The molecule has 1 aliphatic carbocycles. The molecule has 0 spiro atoms. The number of nitrogens with one attached hydrogen (secondary N) is 1. The first-order valence-electron chi connectivity index (χ1n) is 4.63. The second-order valence-electron chi connectivity index (χ2n) is 4.14. The van der Waals surface area contributed by atoms with Crippen LogP contribution in [0.3, 0.4) is 0 Å². The van der Waals surface area contributed by atoms with Gasteiger partial charge >= 0.3 is 0 Å². The molecule has 1 heterocycles. The van der Waals surface area contributed by atoms with Crippen molar-refractivity contribution in [1.82, 2.24) is 10.2 Å². The summed E-state index contributed by atoms with van der Waals surface area (Å²) in [4.78, 5) is 13.4. The van der Waals surface area contributed by atoms with E-state index in [1.807, 2.05) is 14.1 Å². The molecule has 0 aromatic carbocycles. The maximum absolute atomic E-state index is 11.7. The number of fused-ring (bicyclic) bond motifs is 1. The molecule has 1 saturated carbocycles. The minimum Gasteiger partial charge on any atom is -0.347 e. The van der Waals surface area contributed by atoms with E-state index in [4.69, 9.17) is 0 Å². The molecule has 0 aromatic heterocycles. The molecular weight excluding hydrogens is 152 g/mol. The third-order valence-corrected chi connectivity index (χ3v) is 3.06. The zero-order valence-electron chi connectivity index (χ0n) is 7.76. The van der Waals surface area contributed by atoms with Crippen molar-refractivity contribution < 1.29 is 4.79 Å². The summed E-state index contributed by atoms with van der Waals surface area (Å²) in [5.41, 5.74) is -0.137. The van der Waals surface area contributed by atoms with Crippen LogP contribution in [0.4, 0.5) is 0 Å². The van der Waals surface area contributed by atoms with Gasteiger partial charge in [-0.25, -0.2) is 0 Å². The van der Waals surface area contributed by atoms with Gasteiger partial charge in [0.1, 0.15) is 5.54 Å². The molecule has 3 nitrogen and oxygen atoms in total. The predicted octanol–water partition coefficient (Wildman–Crippen LogP) is 0.217. The second kappa shape index (κ2) is 2.46.